The molecular formula is C21H20ClNO3S. The molecule has 140 valence electrons. The monoisotopic (exact) mass is 401 g/mol. The third-order valence-electron chi connectivity index (χ3n) is 5.38. The summed E-state index contributed by atoms with van der Waals surface area (Å²) in [7, 11) is 0. The van der Waals surface area contributed by atoms with Gasteiger partial charge < -0.3 is 10.0 Å². The minimum atomic E-state index is -0.605. The lowest BCUT2D eigenvalue weighted by molar-refractivity contribution is -0.141. The Morgan fingerprint density at radius 1 is 1.07 bits per heavy atom. The number of thiophene rings is 1. The first-order valence-electron chi connectivity index (χ1n) is 9.17. The third kappa shape index (κ3) is 3.30. The lowest BCUT2D eigenvalue weighted by Crippen LogP contribution is -2.40. The van der Waals surface area contributed by atoms with E-state index in [-0.39, 0.29) is 17.4 Å². The van der Waals surface area contributed by atoms with Crippen LogP contribution >= 0.6 is 22.9 Å². The summed E-state index contributed by atoms with van der Waals surface area (Å²) in [6.07, 6.45) is 5.07. The van der Waals surface area contributed by atoms with Crippen LogP contribution in [0.5, 0.6) is 0 Å². The van der Waals surface area contributed by atoms with E-state index < -0.39 is 17.7 Å². The van der Waals surface area contributed by atoms with Crippen LogP contribution in [0.25, 0.3) is 5.76 Å². The molecule has 1 atom stereocenters. The van der Waals surface area contributed by atoms with Crippen LogP contribution in [0.15, 0.2) is 47.4 Å². The number of nitrogens with zero attached hydrogens (tertiary/aromatic N) is 1. The number of aliphatic hydroxyl groups excluding tert-OH is 1. The molecule has 2 fully saturated rings. The average Bonchev–Trinajstić information content (AvgIpc) is 3.30. The Balaban J connectivity index is 1.84. The Morgan fingerprint density at radius 2 is 1.78 bits per heavy atom. The number of carbonyl (C=O) groups excluding carboxylic acids is 2. The largest absolute Gasteiger partial charge is 0.507 e. The van der Waals surface area contributed by atoms with Gasteiger partial charge in [0.1, 0.15) is 5.76 Å². The molecule has 0 radical (unpaired) electrons. The maximum atomic E-state index is 12.9. The molecule has 1 saturated carbocycles. The number of carbonyl (C=O) groups is 2. The quantitative estimate of drug-likeness (QED) is 0.439. The van der Waals surface area contributed by atoms with Gasteiger partial charge in [0.2, 0.25) is 0 Å². The summed E-state index contributed by atoms with van der Waals surface area (Å²) in [4.78, 5) is 28.5. The lowest BCUT2D eigenvalue weighted by atomic mass is 9.93. The second-order valence-electron chi connectivity index (χ2n) is 7.02. The third-order valence-corrected chi connectivity index (χ3v) is 6.56. The van der Waals surface area contributed by atoms with E-state index in [0.717, 1.165) is 37.0 Å². The van der Waals surface area contributed by atoms with Crippen molar-refractivity contribution in [3.8, 4) is 0 Å². The summed E-state index contributed by atoms with van der Waals surface area (Å²) in [5.74, 6) is -1.25. The second kappa shape index (κ2) is 7.49. The van der Waals surface area contributed by atoms with Crippen molar-refractivity contribution in [3.63, 3.8) is 0 Å². The highest BCUT2D eigenvalue weighted by molar-refractivity contribution is 7.10. The highest BCUT2D eigenvalue weighted by atomic mass is 35.5. The van der Waals surface area contributed by atoms with Crippen LogP contribution in [-0.2, 0) is 9.59 Å². The van der Waals surface area contributed by atoms with Gasteiger partial charge in [0.05, 0.1) is 11.6 Å². The van der Waals surface area contributed by atoms with E-state index in [1.54, 1.807) is 29.2 Å². The molecule has 1 unspecified atom stereocenters. The summed E-state index contributed by atoms with van der Waals surface area (Å²) < 4.78 is 0. The van der Waals surface area contributed by atoms with E-state index >= 15 is 0 Å². The van der Waals surface area contributed by atoms with Crippen LogP contribution in [0.4, 0.5) is 0 Å². The molecule has 27 heavy (non-hydrogen) atoms. The molecule has 1 aliphatic heterocycles. The number of Topliss-reactive ketones (excluding diaryl/α,β-unsaturated/α-hetero) is 1. The molecule has 0 bridgehead atoms. The molecule has 2 aliphatic rings. The molecule has 1 amide bonds. The highest BCUT2D eigenvalue weighted by Gasteiger charge is 2.49. The summed E-state index contributed by atoms with van der Waals surface area (Å²) >= 11 is 7.44. The molecule has 2 aromatic rings. The standard InChI is InChI=1S/C21H20ClNO3S/c22-14-10-8-13(9-11-14)19(24)17-18(16-7-4-12-27-16)23(21(26)20(17)25)15-5-2-1-3-6-15/h4,7-12,15,18,24H,1-3,5-6H2/b19-17-. The van der Waals surface area contributed by atoms with Gasteiger partial charge in [0.15, 0.2) is 0 Å². The van der Waals surface area contributed by atoms with Gasteiger partial charge in [-0.05, 0) is 48.6 Å². The van der Waals surface area contributed by atoms with E-state index in [0.29, 0.717) is 10.6 Å². The van der Waals surface area contributed by atoms with Crippen molar-refractivity contribution in [2.45, 2.75) is 44.2 Å². The minimum absolute atomic E-state index is 0.0396. The molecular weight excluding hydrogens is 382 g/mol. The van der Waals surface area contributed by atoms with Crippen LogP contribution in [0.2, 0.25) is 5.02 Å². The van der Waals surface area contributed by atoms with Crippen molar-refractivity contribution >= 4 is 40.4 Å². The molecule has 1 saturated heterocycles. The van der Waals surface area contributed by atoms with Crippen molar-refractivity contribution in [1.29, 1.82) is 0 Å². The minimum Gasteiger partial charge on any atom is -0.507 e. The van der Waals surface area contributed by atoms with Gasteiger partial charge in [-0.2, -0.15) is 0 Å². The summed E-state index contributed by atoms with van der Waals surface area (Å²) in [5, 5.41) is 13.4. The van der Waals surface area contributed by atoms with Gasteiger partial charge in [0, 0.05) is 21.5 Å². The van der Waals surface area contributed by atoms with Crippen molar-refractivity contribution < 1.29 is 14.7 Å². The number of likely N-dealkylation sites (tertiary alicyclic amines) is 1. The van der Waals surface area contributed by atoms with Crippen molar-refractivity contribution in [2.24, 2.45) is 0 Å². The molecule has 1 aromatic heterocycles. The van der Waals surface area contributed by atoms with Crippen LogP contribution in [0.3, 0.4) is 0 Å². The van der Waals surface area contributed by atoms with E-state index in [9.17, 15) is 14.7 Å². The van der Waals surface area contributed by atoms with Gasteiger partial charge in [0.25, 0.3) is 11.7 Å². The van der Waals surface area contributed by atoms with E-state index in [1.165, 1.54) is 11.3 Å². The molecule has 1 aliphatic carbocycles. The van der Waals surface area contributed by atoms with E-state index in [1.807, 2.05) is 17.5 Å². The molecule has 1 N–H and O–H groups in total. The van der Waals surface area contributed by atoms with Gasteiger partial charge in [-0.3, -0.25) is 9.59 Å². The van der Waals surface area contributed by atoms with Crippen LogP contribution in [0, 0.1) is 0 Å². The number of hydrogen-bond acceptors (Lipinski definition) is 4. The second-order valence-corrected chi connectivity index (χ2v) is 8.44. The zero-order chi connectivity index (χ0) is 19.0. The number of hydrogen-bond donors (Lipinski definition) is 1. The molecule has 2 heterocycles. The number of rotatable bonds is 3. The Bertz CT molecular complexity index is 883. The van der Waals surface area contributed by atoms with E-state index in [2.05, 4.69) is 0 Å². The highest BCUT2D eigenvalue weighted by Crippen LogP contribution is 2.44. The van der Waals surface area contributed by atoms with Gasteiger partial charge in [-0.25, -0.2) is 0 Å². The summed E-state index contributed by atoms with van der Waals surface area (Å²) in [5.41, 5.74) is 0.665. The number of ketones is 1. The summed E-state index contributed by atoms with van der Waals surface area (Å²) in [6.45, 7) is 0. The Morgan fingerprint density at radius 3 is 2.41 bits per heavy atom. The van der Waals surface area contributed by atoms with Gasteiger partial charge in [-0.1, -0.05) is 36.9 Å². The zero-order valence-corrected chi connectivity index (χ0v) is 16.3. The zero-order valence-electron chi connectivity index (χ0n) is 14.7. The van der Waals surface area contributed by atoms with E-state index in [4.69, 9.17) is 11.6 Å². The fraction of sp³-hybridized carbons (Fsp3) is 0.333. The fourth-order valence-electron chi connectivity index (χ4n) is 4.08. The molecule has 0 spiro atoms. The van der Waals surface area contributed by atoms with Crippen molar-refractivity contribution in [1.82, 2.24) is 4.90 Å². The number of aliphatic hydroxyl groups is 1. The van der Waals surface area contributed by atoms with Crippen molar-refractivity contribution in [2.75, 3.05) is 0 Å². The average molecular weight is 402 g/mol. The van der Waals surface area contributed by atoms with Gasteiger partial charge >= 0.3 is 0 Å². The Labute approximate surface area is 167 Å². The number of halogens is 1. The predicted octanol–water partition coefficient (Wildman–Crippen LogP) is 5.16. The van der Waals surface area contributed by atoms with Crippen LogP contribution in [-0.4, -0.2) is 27.7 Å². The maximum absolute atomic E-state index is 12.9. The maximum Gasteiger partial charge on any atom is 0.295 e. The van der Waals surface area contributed by atoms with Crippen molar-refractivity contribution in [3.05, 3.63) is 62.8 Å². The summed E-state index contributed by atoms with van der Waals surface area (Å²) in [6, 6.07) is 9.99. The molecule has 4 rings (SSSR count). The Hall–Kier alpha value is -2.11. The first kappa shape index (κ1) is 18.3. The molecule has 4 nitrogen and oxygen atoms in total. The fourth-order valence-corrected chi connectivity index (χ4v) is 5.03. The Kier molecular flexibility index (Phi) is 5.06. The normalized spacial score (nSPS) is 23.1. The van der Waals surface area contributed by atoms with Crippen LogP contribution < -0.4 is 0 Å². The topological polar surface area (TPSA) is 57.6 Å². The first-order chi connectivity index (χ1) is 13.1. The van der Waals surface area contributed by atoms with Gasteiger partial charge in [-0.15, -0.1) is 11.3 Å². The smallest absolute Gasteiger partial charge is 0.295 e. The SMILES string of the molecule is O=C1C(=O)N(C2CCCCC2)C(c2cccs2)/C1=C(/O)c1ccc(Cl)cc1. The van der Waals surface area contributed by atoms with Crippen LogP contribution in [0.1, 0.15) is 48.6 Å². The number of benzene rings is 1. The predicted molar refractivity (Wildman–Crippen MR) is 107 cm³/mol. The molecule has 1 aromatic carbocycles. The molecule has 6 heteroatoms. The number of amides is 1. The lowest BCUT2D eigenvalue weighted by Gasteiger charge is -2.34. The first-order valence-corrected chi connectivity index (χ1v) is 10.4.